The Bertz CT molecular complexity index is 33.7. The van der Waals surface area contributed by atoms with Crippen molar-refractivity contribution < 1.29 is 39.9 Å². The topological polar surface area (TPSA) is 0 Å². The van der Waals surface area contributed by atoms with Crippen LogP contribution in [0.5, 0.6) is 0 Å². The molecule has 0 bridgehead atoms. The molecule has 0 aliphatic carbocycles. The van der Waals surface area contributed by atoms with E-state index in [0.29, 0.717) is 0 Å². The van der Waals surface area contributed by atoms with Crippen LogP contribution in [0.25, 0.3) is 0 Å². The van der Waals surface area contributed by atoms with Crippen LogP contribution in [-0.2, 0) is 0 Å². The Hall–Kier alpha value is 1.32. The molecule has 0 heterocycles. The maximum Gasteiger partial charge on any atom is 2.00 e. The molecule has 0 atom stereocenters. The minimum Gasteiger partial charge on any atom is -0.343 e. The second-order valence-electron chi connectivity index (χ2n) is 2.61. The molecule has 0 aliphatic heterocycles. The summed E-state index contributed by atoms with van der Waals surface area (Å²) in [6.45, 7) is 12.2. The van der Waals surface area contributed by atoms with Crippen molar-refractivity contribution in [2.75, 3.05) is 0 Å². The van der Waals surface area contributed by atoms with Gasteiger partial charge in [-0.05, 0) is 5.92 Å². The molecule has 0 radical (unpaired) electrons. The van der Waals surface area contributed by atoms with Crippen LogP contribution in [-0.4, -0.2) is 0 Å². The van der Waals surface area contributed by atoms with Crippen molar-refractivity contribution in [2.24, 2.45) is 5.92 Å². The summed E-state index contributed by atoms with van der Waals surface area (Å²) in [7, 11) is 0. The number of hydrogen-bond acceptors (Lipinski definition) is 0. The van der Waals surface area contributed by atoms with Gasteiger partial charge in [-0.15, -0.1) is 0 Å². The summed E-state index contributed by atoms with van der Waals surface area (Å²) in [6, 6.07) is 0. The van der Waals surface area contributed by atoms with Gasteiger partial charge in [-0.1, -0.05) is 20.3 Å². The van der Waals surface area contributed by atoms with E-state index in [9.17, 15) is 0 Å². The summed E-state index contributed by atoms with van der Waals surface area (Å²) in [5.41, 5.74) is 0. The molecule has 10 heavy (non-hydrogen) atoms. The Morgan fingerprint density at radius 1 is 1.30 bits per heavy atom. The molecule has 0 aromatic carbocycles. The third-order valence-electron chi connectivity index (χ3n) is 0.781. The second-order valence-corrected chi connectivity index (χ2v) is 2.61. The Labute approximate surface area is 98.9 Å². The molecule has 0 fully saturated rings. The molecule has 1 heteroatoms. The molecule has 64 valence electrons. The quantitative estimate of drug-likeness (QED) is 0.681. The molecule has 0 aliphatic rings. The van der Waals surface area contributed by atoms with Crippen molar-refractivity contribution in [1.82, 2.24) is 0 Å². The zero-order valence-corrected chi connectivity index (χ0v) is 9.90. The Kier molecular flexibility index (Phi) is 29.1. The van der Waals surface area contributed by atoms with E-state index >= 15 is 0 Å². The summed E-state index contributed by atoms with van der Waals surface area (Å²) < 4.78 is 0. The zero-order valence-electron chi connectivity index (χ0n) is 7.63. The first-order valence-corrected chi connectivity index (χ1v) is 3.72. The van der Waals surface area contributed by atoms with Crippen LogP contribution in [0.1, 0.15) is 40.5 Å². The maximum atomic E-state index is 3.73. The van der Waals surface area contributed by atoms with Crippen molar-refractivity contribution >= 4 is 0 Å². The molecule has 0 aromatic heterocycles. The molecule has 0 unspecified atom stereocenters. The van der Waals surface area contributed by atoms with Gasteiger partial charge in [0.1, 0.15) is 0 Å². The van der Waals surface area contributed by atoms with E-state index < -0.39 is 0 Å². The Morgan fingerprint density at radius 2 is 1.60 bits per heavy atom. The van der Waals surface area contributed by atoms with E-state index in [2.05, 4.69) is 20.8 Å². The average Bonchev–Trinajstić information content (AvgIpc) is 1.67. The van der Waals surface area contributed by atoms with Crippen LogP contribution in [0.3, 0.4) is 0 Å². The van der Waals surface area contributed by atoms with Gasteiger partial charge in [0.05, 0.1) is 0 Å². The Balaban J connectivity index is -0.000000107. The first-order valence-electron chi connectivity index (χ1n) is 3.72. The van der Waals surface area contributed by atoms with Crippen LogP contribution >= 0.6 is 0 Å². The van der Waals surface area contributed by atoms with Crippen LogP contribution < -0.4 is 0 Å². The number of rotatable bonds is 2. The molecule has 0 aromatic rings. The van der Waals surface area contributed by atoms with Gasteiger partial charge in [0, 0.05) is 0 Å². The molecule has 0 rings (SSSR count). The third-order valence-corrected chi connectivity index (χ3v) is 0.781. The van der Waals surface area contributed by atoms with Crippen LogP contribution in [0, 0.1) is 59.2 Å². The first-order chi connectivity index (χ1) is 4.18. The van der Waals surface area contributed by atoms with Crippen LogP contribution in [0.4, 0.5) is 0 Å². The van der Waals surface area contributed by atoms with E-state index in [1.807, 2.05) is 20.3 Å². The average molecular weight is 286 g/mol. The van der Waals surface area contributed by atoms with Gasteiger partial charge in [0.2, 0.25) is 0 Å². The van der Waals surface area contributed by atoms with Gasteiger partial charge in [0.25, 0.3) is 0 Å². The predicted molar refractivity (Wildman–Crippen MR) is 45.1 cm³/mol. The molecule has 0 spiro atoms. The Morgan fingerprint density at radius 3 is 1.60 bits per heavy atom. The van der Waals surface area contributed by atoms with E-state index in [0.717, 1.165) is 12.3 Å². The molecule has 0 nitrogen and oxygen atoms in total. The molecule has 0 amide bonds. The molecular weight excluding hydrogens is 265 g/mol. The normalized spacial score (nSPS) is 7.80. The summed E-state index contributed by atoms with van der Waals surface area (Å²) in [5, 5.41) is 0. The summed E-state index contributed by atoms with van der Waals surface area (Å²) in [6.07, 6.45) is 4.34. The summed E-state index contributed by atoms with van der Waals surface area (Å²) in [4.78, 5) is 0. The van der Waals surface area contributed by atoms with Crippen LogP contribution in [0.2, 0.25) is 0 Å². The molecular formula is C9H20Gd. The second kappa shape index (κ2) is 16.7. The van der Waals surface area contributed by atoms with E-state index in [1.165, 1.54) is 6.42 Å². The molecule has 0 saturated heterocycles. The minimum absolute atomic E-state index is 0. The van der Waals surface area contributed by atoms with Gasteiger partial charge in [0.15, 0.2) is 0 Å². The fraction of sp³-hybridized carbons (Fsp3) is 0.778. The number of hydrogen-bond donors (Lipinski definition) is 0. The fourth-order valence-corrected chi connectivity index (χ4v) is 0.408. The zero-order chi connectivity index (χ0) is 7.70. The standard InChI is InChI=1S/C6H13.C3H7.Gd/c1-4-5-6(2)3;1-3-2;/h6H,1,4-5H2,2-3H3;3H,1-2H3;/q2*-1;+2. The van der Waals surface area contributed by atoms with Crippen molar-refractivity contribution in [1.29, 1.82) is 0 Å². The van der Waals surface area contributed by atoms with Crippen molar-refractivity contribution in [3.8, 4) is 0 Å². The largest absolute Gasteiger partial charge is 2.00 e. The third kappa shape index (κ3) is 34.6. The smallest absolute Gasteiger partial charge is 0.343 e. The molecule has 0 saturated carbocycles. The predicted octanol–water partition coefficient (Wildman–Crippen LogP) is 3.49. The minimum atomic E-state index is 0. The first kappa shape index (κ1) is 17.4. The summed E-state index contributed by atoms with van der Waals surface area (Å²) in [5.74, 6) is 0.836. The van der Waals surface area contributed by atoms with Crippen molar-refractivity contribution in [3.63, 3.8) is 0 Å². The van der Waals surface area contributed by atoms with Crippen molar-refractivity contribution in [2.45, 2.75) is 40.5 Å². The van der Waals surface area contributed by atoms with E-state index in [-0.39, 0.29) is 39.9 Å². The van der Waals surface area contributed by atoms with Gasteiger partial charge < -0.3 is 13.3 Å². The SMILES string of the molecule is C[CH-]C.[CH2-]CCC(C)C.[Gd+2]. The molecule has 0 N–H and O–H groups in total. The maximum absolute atomic E-state index is 3.73. The van der Waals surface area contributed by atoms with E-state index in [1.54, 1.807) is 0 Å². The summed E-state index contributed by atoms with van der Waals surface area (Å²) >= 11 is 0. The van der Waals surface area contributed by atoms with Crippen molar-refractivity contribution in [3.05, 3.63) is 13.3 Å². The monoisotopic (exact) mass is 286 g/mol. The van der Waals surface area contributed by atoms with Gasteiger partial charge in [-0.2, -0.15) is 20.3 Å². The van der Waals surface area contributed by atoms with Gasteiger partial charge in [-0.25, -0.2) is 0 Å². The van der Waals surface area contributed by atoms with E-state index in [4.69, 9.17) is 0 Å². The van der Waals surface area contributed by atoms with Gasteiger partial charge in [-0.3, -0.25) is 0 Å². The van der Waals surface area contributed by atoms with Gasteiger partial charge >= 0.3 is 39.9 Å². The fourth-order valence-electron chi connectivity index (χ4n) is 0.408. The van der Waals surface area contributed by atoms with Crippen LogP contribution in [0.15, 0.2) is 0 Å².